The van der Waals surface area contributed by atoms with E-state index in [2.05, 4.69) is 170 Å². The lowest BCUT2D eigenvalue weighted by atomic mass is 9.88. The molecule has 8 aromatic rings. The Labute approximate surface area is 252 Å². The second-order valence-corrected chi connectivity index (χ2v) is 11.6. The fraction of sp³-hybridized carbons (Fsp3) is 0.0476. The maximum absolute atomic E-state index is 2.42. The number of nitrogens with zero attached hydrogens (tertiary/aromatic N) is 1. The summed E-state index contributed by atoms with van der Waals surface area (Å²) in [7, 11) is 0. The Morgan fingerprint density at radius 1 is 0.395 bits per heavy atom. The van der Waals surface area contributed by atoms with Crippen molar-refractivity contribution < 1.29 is 0 Å². The van der Waals surface area contributed by atoms with E-state index in [0.717, 1.165) is 11.4 Å². The molecule has 0 fully saturated rings. The molecule has 204 valence electrons. The SMILES string of the molecule is Cc1ccc(C=Cc2ccc(N(c3ccc(C)cc3)c3ccc4cccc5c6cccc7cccc(c3c45)c76)cc2)cc1. The fourth-order valence-electron chi connectivity index (χ4n) is 6.55. The third kappa shape index (κ3) is 4.33. The van der Waals surface area contributed by atoms with Gasteiger partial charge in [0.25, 0.3) is 0 Å². The summed E-state index contributed by atoms with van der Waals surface area (Å²) in [5, 5.41) is 10.4. The molecular weight excluding hydrogens is 518 g/mol. The van der Waals surface area contributed by atoms with Crippen LogP contribution in [-0.4, -0.2) is 0 Å². The molecule has 0 amide bonds. The van der Waals surface area contributed by atoms with Crippen LogP contribution in [0, 0.1) is 13.8 Å². The standard InChI is InChI=1S/C42H31N/c1-28-12-16-30(17-13-28)18-19-31-20-25-35(26-21-31)43(34-23-14-29(2)15-24-34)39-27-22-33-8-4-10-37-36-9-3-6-32-7-5-11-38(40(32)36)42(39)41(33)37/h3-27H,1-2H3. The Morgan fingerprint density at radius 3 is 1.47 bits per heavy atom. The van der Waals surface area contributed by atoms with Gasteiger partial charge >= 0.3 is 0 Å². The zero-order valence-electron chi connectivity index (χ0n) is 24.4. The van der Waals surface area contributed by atoms with E-state index in [9.17, 15) is 0 Å². The number of fused-ring (bicyclic) bond motifs is 2. The largest absolute Gasteiger partial charge is 0.310 e. The van der Waals surface area contributed by atoms with E-state index in [1.165, 1.54) is 71.0 Å². The van der Waals surface area contributed by atoms with Crippen LogP contribution in [0.5, 0.6) is 0 Å². The van der Waals surface area contributed by atoms with Gasteiger partial charge in [0.15, 0.2) is 0 Å². The summed E-state index contributed by atoms with van der Waals surface area (Å²) >= 11 is 0. The number of hydrogen-bond donors (Lipinski definition) is 0. The van der Waals surface area contributed by atoms with Crippen molar-refractivity contribution in [1.82, 2.24) is 0 Å². The molecule has 8 aromatic carbocycles. The van der Waals surface area contributed by atoms with Crippen LogP contribution in [0.3, 0.4) is 0 Å². The van der Waals surface area contributed by atoms with Gasteiger partial charge in [0, 0.05) is 16.8 Å². The van der Waals surface area contributed by atoms with Gasteiger partial charge < -0.3 is 4.90 Å². The first-order valence-corrected chi connectivity index (χ1v) is 14.9. The van der Waals surface area contributed by atoms with Crippen LogP contribution in [0.4, 0.5) is 17.1 Å². The van der Waals surface area contributed by atoms with Crippen molar-refractivity contribution in [1.29, 1.82) is 0 Å². The predicted molar refractivity (Wildman–Crippen MR) is 187 cm³/mol. The number of benzene rings is 8. The molecular formula is C42H31N. The van der Waals surface area contributed by atoms with Crippen molar-refractivity contribution in [2.75, 3.05) is 4.90 Å². The average molecular weight is 550 g/mol. The molecule has 1 heteroatoms. The molecule has 0 aliphatic rings. The monoisotopic (exact) mass is 549 g/mol. The van der Waals surface area contributed by atoms with Crippen molar-refractivity contribution in [3.8, 4) is 0 Å². The molecule has 43 heavy (non-hydrogen) atoms. The average Bonchev–Trinajstić information content (AvgIpc) is 3.05. The smallest absolute Gasteiger partial charge is 0.0546 e. The number of aryl methyl sites for hydroxylation is 2. The number of rotatable bonds is 5. The van der Waals surface area contributed by atoms with Crippen LogP contribution in [-0.2, 0) is 0 Å². The highest BCUT2D eigenvalue weighted by molar-refractivity contribution is 6.35. The van der Waals surface area contributed by atoms with E-state index < -0.39 is 0 Å². The molecule has 0 radical (unpaired) electrons. The van der Waals surface area contributed by atoms with Crippen molar-refractivity contribution in [3.63, 3.8) is 0 Å². The number of hydrogen-bond acceptors (Lipinski definition) is 1. The highest BCUT2D eigenvalue weighted by Crippen LogP contribution is 2.47. The van der Waals surface area contributed by atoms with E-state index in [1.54, 1.807) is 0 Å². The molecule has 0 atom stereocenters. The minimum atomic E-state index is 1.13. The topological polar surface area (TPSA) is 3.24 Å². The Kier molecular flexibility index (Phi) is 5.98. The third-order valence-corrected chi connectivity index (χ3v) is 8.72. The van der Waals surface area contributed by atoms with Gasteiger partial charge in [-0.3, -0.25) is 0 Å². The van der Waals surface area contributed by atoms with E-state index in [0.29, 0.717) is 0 Å². The minimum absolute atomic E-state index is 1.13. The van der Waals surface area contributed by atoms with Crippen LogP contribution in [0.2, 0.25) is 0 Å². The van der Waals surface area contributed by atoms with Crippen molar-refractivity contribution >= 4 is 72.3 Å². The lowest BCUT2D eigenvalue weighted by Crippen LogP contribution is -2.11. The molecule has 0 saturated heterocycles. The van der Waals surface area contributed by atoms with Crippen LogP contribution in [0.15, 0.2) is 140 Å². The van der Waals surface area contributed by atoms with E-state index in [1.807, 2.05) is 0 Å². The summed E-state index contributed by atoms with van der Waals surface area (Å²) in [5.74, 6) is 0. The highest BCUT2D eigenvalue weighted by Gasteiger charge is 2.20. The van der Waals surface area contributed by atoms with Gasteiger partial charge in [0.2, 0.25) is 0 Å². The van der Waals surface area contributed by atoms with Gasteiger partial charge in [-0.25, -0.2) is 0 Å². The molecule has 0 heterocycles. The highest BCUT2D eigenvalue weighted by atomic mass is 15.1. The Morgan fingerprint density at radius 2 is 0.860 bits per heavy atom. The second kappa shape index (κ2) is 10.2. The van der Waals surface area contributed by atoms with Crippen LogP contribution >= 0.6 is 0 Å². The lowest BCUT2D eigenvalue weighted by molar-refractivity contribution is 1.29. The van der Waals surface area contributed by atoms with Gasteiger partial charge in [-0.15, -0.1) is 0 Å². The first-order chi connectivity index (χ1) is 21.1. The van der Waals surface area contributed by atoms with Gasteiger partial charge in [-0.1, -0.05) is 132 Å². The quantitative estimate of drug-likeness (QED) is 0.117. The second-order valence-electron chi connectivity index (χ2n) is 11.6. The molecule has 0 aromatic heterocycles. The summed E-state index contributed by atoms with van der Waals surface area (Å²) in [6.45, 7) is 4.27. The summed E-state index contributed by atoms with van der Waals surface area (Å²) in [5.41, 5.74) is 8.38. The molecule has 0 N–H and O–H groups in total. The number of anilines is 3. The van der Waals surface area contributed by atoms with Crippen LogP contribution in [0.25, 0.3) is 55.2 Å². The van der Waals surface area contributed by atoms with Crippen molar-refractivity contribution in [2.24, 2.45) is 0 Å². The first-order valence-electron chi connectivity index (χ1n) is 14.9. The fourth-order valence-corrected chi connectivity index (χ4v) is 6.55. The zero-order valence-corrected chi connectivity index (χ0v) is 24.4. The van der Waals surface area contributed by atoms with E-state index >= 15 is 0 Å². The molecule has 0 unspecified atom stereocenters. The zero-order chi connectivity index (χ0) is 28.9. The molecule has 8 rings (SSSR count). The molecule has 0 aliphatic carbocycles. The van der Waals surface area contributed by atoms with Crippen molar-refractivity contribution in [3.05, 3.63) is 162 Å². The van der Waals surface area contributed by atoms with Crippen molar-refractivity contribution in [2.45, 2.75) is 13.8 Å². The maximum atomic E-state index is 2.42. The third-order valence-electron chi connectivity index (χ3n) is 8.72. The Bertz CT molecular complexity index is 2270. The molecule has 0 saturated carbocycles. The van der Waals surface area contributed by atoms with Gasteiger partial charge in [-0.2, -0.15) is 0 Å². The molecule has 0 bridgehead atoms. The van der Waals surface area contributed by atoms with Crippen LogP contribution < -0.4 is 4.90 Å². The predicted octanol–water partition coefficient (Wildman–Crippen LogP) is 12.0. The first kappa shape index (κ1) is 25.3. The summed E-state index contributed by atoms with van der Waals surface area (Å²) < 4.78 is 0. The van der Waals surface area contributed by atoms with Crippen LogP contribution in [0.1, 0.15) is 22.3 Å². The van der Waals surface area contributed by atoms with E-state index in [-0.39, 0.29) is 0 Å². The normalized spacial score (nSPS) is 11.9. The summed E-state index contributed by atoms with van der Waals surface area (Å²) in [6, 6.07) is 51.2. The Hall–Kier alpha value is -5.40. The van der Waals surface area contributed by atoms with Gasteiger partial charge in [0.05, 0.1) is 5.69 Å². The summed E-state index contributed by atoms with van der Waals surface area (Å²) in [4.78, 5) is 2.42. The Balaban J connectivity index is 1.35. The van der Waals surface area contributed by atoms with Gasteiger partial charge in [-0.05, 0) is 93.0 Å². The lowest BCUT2D eigenvalue weighted by Gasteiger charge is -2.28. The summed E-state index contributed by atoms with van der Waals surface area (Å²) in [6.07, 6.45) is 4.37. The van der Waals surface area contributed by atoms with Gasteiger partial charge in [0.1, 0.15) is 0 Å². The maximum Gasteiger partial charge on any atom is 0.0546 e. The van der Waals surface area contributed by atoms with E-state index in [4.69, 9.17) is 0 Å². The molecule has 0 aliphatic heterocycles. The molecule has 0 spiro atoms. The molecule has 1 nitrogen and oxygen atoms in total. The minimum Gasteiger partial charge on any atom is -0.310 e.